The van der Waals surface area contributed by atoms with Crippen molar-refractivity contribution in [3.05, 3.63) is 11.6 Å². The molecule has 3 unspecified atom stereocenters. The van der Waals surface area contributed by atoms with Crippen molar-refractivity contribution in [3.8, 4) is 0 Å². The van der Waals surface area contributed by atoms with E-state index in [4.69, 9.17) is 9.31 Å². The summed E-state index contributed by atoms with van der Waals surface area (Å²) in [5.41, 5.74) is 2.36. The van der Waals surface area contributed by atoms with E-state index in [9.17, 15) is 5.11 Å². The molecule has 1 saturated heterocycles. The van der Waals surface area contributed by atoms with E-state index in [1.54, 1.807) is 5.57 Å². The second-order valence-corrected chi connectivity index (χ2v) is 10.5. The fourth-order valence-electron chi connectivity index (χ4n) is 8.06. The molecule has 26 heavy (non-hydrogen) atoms. The Balaban J connectivity index is 1.41. The van der Waals surface area contributed by atoms with Gasteiger partial charge in [0.15, 0.2) is 0 Å². The summed E-state index contributed by atoms with van der Waals surface area (Å²) in [6.45, 7) is 7.93. The van der Waals surface area contributed by atoms with Gasteiger partial charge in [0.05, 0.1) is 18.8 Å². The molecule has 3 saturated carbocycles. The molecule has 5 rings (SSSR count). The zero-order valence-corrected chi connectivity index (χ0v) is 16.7. The lowest BCUT2D eigenvalue weighted by atomic mass is 9.47. The average molecular weight is 358 g/mol. The minimum atomic E-state index is -0.0999. The number of hydrogen-bond donors (Lipinski definition) is 1. The van der Waals surface area contributed by atoms with Crippen molar-refractivity contribution in [1.82, 2.24) is 0 Å². The first-order valence-electron chi connectivity index (χ1n) is 11.1. The van der Waals surface area contributed by atoms with Crippen molar-refractivity contribution in [1.29, 1.82) is 0 Å². The van der Waals surface area contributed by atoms with Gasteiger partial charge in [0, 0.05) is 0 Å². The molecule has 0 bridgehead atoms. The monoisotopic (exact) mass is 358 g/mol. The van der Waals surface area contributed by atoms with Crippen molar-refractivity contribution in [2.75, 3.05) is 6.61 Å². The highest BCUT2D eigenvalue weighted by atomic mass is 16.6. The highest BCUT2D eigenvalue weighted by Crippen LogP contribution is 2.66. The number of aliphatic hydroxyl groups excluding tert-OH is 1. The molecule has 3 nitrogen and oxygen atoms in total. The quantitative estimate of drug-likeness (QED) is 0.556. The van der Waals surface area contributed by atoms with E-state index in [2.05, 4.69) is 19.9 Å². The van der Waals surface area contributed by atoms with Gasteiger partial charge in [-0.25, -0.2) is 0 Å². The Labute approximate surface area is 159 Å². The molecule has 0 aromatic rings. The smallest absolute Gasteiger partial charge is 0.409 e. The highest BCUT2D eigenvalue weighted by Gasteiger charge is 2.60. The highest BCUT2D eigenvalue weighted by molar-refractivity contribution is 6.43. The molecule has 0 amide bonds. The van der Waals surface area contributed by atoms with Crippen LogP contribution in [-0.2, 0) is 9.31 Å². The predicted molar refractivity (Wildman–Crippen MR) is 104 cm³/mol. The Kier molecular flexibility index (Phi) is 4.16. The Hall–Kier alpha value is -0.315. The van der Waals surface area contributed by atoms with Crippen molar-refractivity contribution < 1.29 is 14.4 Å². The van der Waals surface area contributed by atoms with Crippen LogP contribution in [0.3, 0.4) is 0 Å². The Morgan fingerprint density at radius 2 is 1.88 bits per heavy atom. The molecule has 1 N–H and O–H groups in total. The number of hydrogen-bond acceptors (Lipinski definition) is 3. The van der Waals surface area contributed by atoms with Crippen LogP contribution in [0.5, 0.6) is 0 Å². The second-order valence-electron chi connectivity index (χ2n) is 10.5. The van der Waals surface area contributed by atoms with Gasteiger partial charge < -0.3 is 14.4 Å². The normalized spacial score (nSPS) is 53.7. The van der Waals surface area contributed by atoms with E-state index in [1.165, 1.54) is 38.5 Å². The van der Waals surface area contributed by atoms with Crippen LogP contribution >= 0.6 is 0 Å². The maximum atomic E-state index is 10.2. The SMILES string of the molecule is CB1OC[C@H]([C@H]2CCC3C4CC=C5C[C@@H](O)CC[C@]5(C)C4CC[C@@]32C)O1. The van der Waals surface area contributed by atoms with Gasteiger partial charge in [-0.3, -0.25) is 0 Å². The Morgan fingerprint density at radius 3 is 2.65 bits per heavy atom. The van der Waals surface area contributed by atoms with Crippen LogP contribution in [0.2, 0.25) is 6.82 Å². The fraction of sp³-hybridized carbons (Fsp3) is 0.909. The van der Waals surface area contributed by atoms with Crippen LogP contribution in [0.25, 0.3) is 0 Å². The summed E-state index contributed by atoms with van der Waals surface area (Å²) >= 11 is 0. The van der Waals surface area contributed by atoms with Crippen molar-refractivity contribution >= 4 is 7.12 Å². The van der Waals surface area contributed by atoms with Gasteiger partial charge in [-0.05, 0) is 92.7 Å². The molecule has 4 heteroatoms. The summed E-state index contributed by atoms with van der Waals surface area (Å²) in [5, 5.41) is 10.2. The molecule has 1 aliphatic heterocycles. The van der Waals surface area contributed by atoms with Crippen LogP contribution in [0, 0.1) is 34.5 Å². The lowest BCUT2D eigenvalue weighted by Crippen LogP contribution is -2.51. The molecule has 4 aliphatic carbocycles. The van der Waals surface area contributed by atoms with Gasteiger partial charge in [-0.2, -0.15) is 0 Å². The summed E-state index contributed by atoms with van der Waals surface area (Å²) in [5.74, 6) is 3.17. The average Bonchev–Trinajstić information content (AvgIpc) is 3.18. The van der Waals surface area contributed by atoms with Crippen LogP contribution in [-0.4, -0.2) is 31.0 Å². The molecule has 0 radical (unpaired) electrons. The predicted octanol–water partition coefficient (Wildman–Crippen LogP) is 4.46. The van der Waals surface area contributed by atoms with Crippen LogP contribution in [0.15, 0.2) is 11.6 Å². The second kappa shape index (κ2) is 6.09. The summed E-state index contributed by atoms with van der Waals surface area (Å²) in [7, 11) is -0.0215. The Morgan fingerprint density at radius 1 is 1.08 bits per heavy atom. The van der Waals surface area contributed by atoms with Crippen molar-refractivity contribution in [2.45, 2.75) is 84.2 Å². The summed E-state index contributed by atoms with van der Waals surface area (Å²) in [6.07, 6.45) is 12.5. The molecule has 8 atom stereocenters. The van der Waals surface area contributed by atoms with E-state index in [-0.39, 0.29) is 13.2 Å². The molecule has 4 fully saturated rings. The molecular formula is C22H35BO3. The van der Waals surface area contributed by atoms with Gasteiger partial charge in [0.25, 0.3) is 0 Å². The number of aliphatic hydroxyl groups is 1. The van der Waals surface area contributed by atoms with Crippen molar-refractivity contribution in [2.24, 2.45) is 34.5 Å². The number of allylic oxidation sites excluding steroid dienone is 1. The number of fused-ring (bicyclic) bond motifs is 5. The first-order valence-corrected chi connectivity index (χ1v) is 11.1. The molecule has 0 aromatic carbocycles. The third kappa shape index (κ3) is 2.44. The summed E-state index contributed by atoms with van der Waals surface area (Å²) in [4.78, 5) is 0. The van der Waals surface area contributed by atoms with Gasteiger partial charge >= 0.3 is 7.12 Å². The molecule has 0 spiro atoms. The van der Waals surface area contributed by atoms with Gasteiger partial charge in [0.2, 0.25) is 0 Å². The lowest BCUT2D eigenvalue weighted by Gasteiger charge is -2.58. The van der Waals surface area contributed by atoms with E-state index in [1.807, 2.05) is 6.82 Å². The molecule has 0 aromatic heterocycles. The Bertz CT molecular complexity index is 606. The van der Waals surface area contributed by atoms with E-state index in [0.29, 0.717) is 22.9 Å². The first-order chi connectivity index (χ1) is 12.4. The van der Waals surface area contributed by atoms with Crippen molar-refractivity contribution in [3.63, 3.8) is 0 Å². The lowest BCUT2D eigenvalue weighted by molar-refractivity contribution is -0.0645. The molecule has 1 heterocycles. The van der Waals surface area contributed by atoms with Crippen LogP contribution in [0.4, 0.5) is 0 Å². The summed E-state index contributed by atoms with van der Waals surface area (Å²) < 4.78 is 11.9. The zero-order valence-electron chi connectivity index (χ0n) is 16.7. The van der Waals surface area contributed by atoms with Gasteiger partial charge in [-0.15, -0.1) is 0 Å². The van der Waals surface area contributed by atoms with E-state index in [0.717, 1.165) is 37.2 Å². The van der Waals surface area contributed by atoms with Gasteiger partial charge in [0.1, 0.15) is 0 Å². The maximum Gasteiger partial charge on any atom is 0.453 e. The number of rotatable bonds is 1. The first kappa shape index (κ1) is 17.8. The van der Waals surface area contributed by atoms with E-state index < -0.39 is 0 Å². The standard InChI is InChI=1S/C22H35BO3/c1-21-10-8-15(24)12-14(21)4-5-16-17-6-7-19(20-13-25-23(3)26-20)22(17,2)11-9-18(16)21/h4,15-20,24H,5-13H2,1-3H3/t15-,16?,17?,18?,19+,20+,21-,22-/m0/s1. The minimum Gasteiger partial charge on any atom is -0.409 e. The van der Waals surface area contributed by atoms with Crippen LogP contribution < -0.4 is 0 Å². The molecular weight excluding hydrogens is 323 g/mol. The molecule has 5 aliphatic rings. The van der Waals surface area contributed by atoms with Crippen LogP contribution in [0.1, 0.15) is 65.2 Å². The third-order valence-electron chi connectivity index (χ3n) is 9.46. The minimum absolute atomic E-state index is 0.0215. The largest absolute Gasteiger partial charge is 0.453 e. The van der Waals surface area contributed by atoms with E-state index >= 15 is 0 Å². The third-order valence-corrected chi connectivity index (χ3v) is 9.46. The van der Waals surface area contributed by atoms with Gasteiger partial charge in [-0.1, -0.05) is 25.5 Å². The molecule has 144 valence electrons. The summed E-state index contributed by atoms with van der Waals surface area (Å²) in [6, 6.07) is 0. The zero-order chi connectivity index (χ0) is 18.1. The fourth-order valence-corrected chi connectivity index (χ4v) is 8.06. The topological polar surface area (TPSA) is 38.7 Å². The maximum absolute atomic E-state index is 10.2.